The van der Waals surface area contributed by atoms with E-state index in [0.29, 0.717) is 5.69 Å². The van der Waals surface area contributed by atoms with Crippen molar-refractivity contribution in [3.05, 3.63) is 29.6 Å². The number of nitrogens with zero attached hydrogens (tertiary/aromatic N) is 2. The van der Waals surface area contributed by atoms with Crippen LogP contribution in [0.1, 0.15) is 24.2 Å². The van der Waals surface area contributed by atoms with E-state index in [4.69, 9.17) is 11.0 Å². The molecular weight excluding hydrogens is 174 g/mol. The second kappa shape index (κ2) is 4.70. The van der Waals surface area contributed by atoms with Gasteiger partial charge in [-0.2, -0.15) is 5.26 Å². The first-order valence-electron chi connectivity index (χ1n) is 3.35. The maximum Gasteiger partial charge on any atom is 0.140 e. The van der Waals surface area contributed by atoms with Gasteiger partial charge in [0.15, 0.2) is 0 Å². The van der Waals surface area contributed by atoms with Crippen LogP contribution in [0, 0.1) is 11.3 Å². The molecule has 0 bridgehead atoms. The zero-order chi connectivity index (χ0) is 8.27. The van der Waals surface area contributed by atoms with E-state index in [0.717, 1.165) is 5.56 Å². The molecule has 4 heteroatoms. The molecule has 12 heavy (non-hydrogen) atoms. The van der Waals surface area contributed by atoms with Gasteiger partial charge in [0.2, 0.25) is 0 Å². The molecule has 0 radical (unpaired) electrons. The van der Waals surface area contributed by atoms with Crippen molar-refractivity contribution in [2.45, 2.75) is 13.0 Å². The molecule has 3 nitrogen and oxygen atoms in total. The highest BCUT2D eigenvalue weighted by Gasteiger charge is 1.99. The van der Waals surface area contributed by atoms with Crippen LogP contribution >= 0.6 is 12.4 Å². The Balaban J connectivity index is 0.00000121. The fourth-order valence-electron chi connectivity index (χ4n) is 0.791. The summed E-state index contributed by atoms with van der Waals surface area (Å²) in [6, 6.07) is 5.43. The van der Waals surface area contributed by atoms with Gasteiger partial charge in [-0.25, -0.2) is 4.98 Å². The summed E-state index contributed by atoms with van der Waals surface area (Å²) in [5, 5.41) is 8.49. The molecule has 0 spiro atoms. The number of rotatable bonds is 1. The van der Waals surface area contributed by atoms with E-state index in [2.05, 4.69) is 4.98 Å². The van der Waals surface area contributed by atoms with E-state index in [-0.39, 0.29) is 18.4 Å². The largest absolute Gasteiger partial charge is 0.324 e. The van der Waals surface area contributed by atoms with Crippen LogP contribution in [0.5, 0.6) is 0 Å². The van der Waals surface area contributed by atoms with Crippen LogP contribution in [0.3, 0.4) is 0 Å². The van der Waals surface area contributed by atoms with Crippen molar-refractivity contribution in [2.75, 3.05) is 0 Å². The molecule has 1 aromatic rings. The Morgan fingerprint density at radius 3 is 2.83 bits per heavy atom. The summed E-state index contributed by atoms with van der Waals surface area (Å²) >= 11 is 0. The number of aromatic nitrogens is 1. The third-order valence-corrected chi connectivity index (χ3v) is 1.42. The van der Waals surface area contributed by atoms with Gasteiger partial charge in [-0.05, 0) is 24.6 Å². The minimum atomic E-state index is -0.0369. The SMILES string of the molecule is C[C@H](N)c1ccnc(C#N)c1.Cl. The molecule has 0 saturated heterocycles. The number of nitriles is 1. The van der Waals surface area contributed by atoms with Crippen molar-refractivity contribution in [3.63, 3.8) is 0 Å². The lowest BCUT2D eigenvalue weighted by atomic mass is 10.1. The first kappa shape index (κ1) is 10.9. The van der Waals surface area contributed by atoms with E-state index in [9.17, 15) is 0 Å². The minimum Gasteiger partial charge on any atom is -0.324 e. The van der Waals surface area contributed by atoms with Crippen LogP contribution in [0.15, 0.2) is 18.3 Å². The molecule has 2 N–H and O–H groups in total. The second-order valence-corrected chi connectivity index (χ2v) is 2.37. The molecule has 1 aromatic heterocycles. The Kier molecular flexibility index (Phi) is 4.27. The maximum atomic E-state index is 8.49. The third kappa shape index (κ3) is 2.50. The fraction of sp³-hybridized carbons (Fsp3) is 0.250. The molecule has 0 fully saturated rings. The Hall–Kier alpha value is -1.11. The van der Waals surface area contributed by atoms with E-state index >= 15 is 0 Å². The minimum absolute atomic E-state index is 0. The molecule has 1 atom stereocenters. The lowest BCUT2D eigenvalue weighted by Gasteiger charge is -2.03. The summed E-state index contributed by atoms with van der Waals surface area (Å²) in [7, 11) is 0. The van der Waals surface area contributed by atoms with Gasteiger partial charge < -0.3 is 5.73 Å². The second-order valence-electron chi connectivity index (χ2n) is 2.37. The molecule has 1 rings (SSSR count). The molecule has 1 heterocycles. The molecule has 0 amide bonds. The topological polar surface area (TPSA) is 62.7 Å². The maximum absolute atomic E-state index is 8.49. The van der Waals surface area contributed by atoms with E-state index < -0.39 is 0 Å². The first-order valence-corrected chi connectivity index (χ1v) is 3.35. The molecular formula is C8H10ClN3. The molecule has 0 aliphatic heterocycles. The Morgan fingerprint density at radius 1 is 1.67 bits per heavy atom. The molecule has 0 aliphatic rings. The molecule has 64 valence electrons. The summed E-state index contributed by atoms with van der Waals surface area (Å²) in [6.45, 7) is 1.87. The van der Waals surface area contributed by atoms with Gasteiger partial charge in [0.1, 0.15) is 11.8 Å². The number of halogens is 1. The zero-order valence-electron chi connectivity index (χ0n) is 6.69. The van der Waals surface area contributed by atoms with Crippen molar-refractivity contribution in [3.8, 4) is 6.07 Å². The van der Waals surface area contributed by atoms with Gasteiger partial charge in [-0.3, -0.25) is 0 Å². The van der Waals surface area contributed by atoms with Crippen LogP contribution in [0.4, 0.5) is 0 Å². The number of pyridine rings is 1. The fourth-order valence-corrected chi connectivity index (χ4v) is 0.791. The van der Waals surface area contributed by atoms with Crippen LogP contribution in [-0.4, -0.2) is 4.98 Å². The van der Waals surface area contributed by atoms with Gasteiger partial charge in [0.25, 0.3) is 0 Å². The van der Waals surface area contributed by atoms with Crippen molar-refractivity contribution in [1.82, 2.24) is 4.98 Å². The molecule has 0 aromatic carbocycles. The Labute approximate surface area is 77.6 Å². The zero-order valence-corrected chi connectivity index (χ0v) is 7.51. The molecule has 0 saturated carbocycles. The van der Waals surface area contributed by atoms with Crippen molar-refractivity contribution >= 4 is 12.4 Å². The lowest BCUT2D eigenvalue weighted by molar-refractivity contribution is 0.814. The predicted octanol–water partition coefficient (Wildman–Crippen LogP) is 1.39. The Bertz CT molecular complexity index is 291. The standard InChI is InChI=1S/C8H9N3.ClH/c1-6(10)7-2-3-11-8(4-7)5-9;/h2-4,6H,10H2,1H3;1H/t6-;/m0./s1. The first-order chi connectivity index (χ1) is 5.24. The highest BCUT2D eigenvalue weighted by molar-refractivity contribution is 5.85. The van der Waals surface area contributed by atoms with Gasteiger partial charge in [-0.15, -0.1) is 12.4 Å². The lowest BCUT2D eigenvalue weighted by Crippen LogP contribution is -2.05. The van der Waals surface area contributed by atoms with Gasteiger partial charge in [0.05, 0.1) is 0 Å². The highest BCUT2D eigenvalue weighted by Crippen LogP contribution is 2.08. The van der Waals surface area contributed by atoms with Crippen LogP contribution in [0.25, 0.3) is 0 Å². The highest BCUT2D eigenvalue weighted by atomic mass is 35.5. The predicted molar refractivity (Wildman–Crippen MR) is 48.8 cm³/mol. The Morgan fingerprint density at radius 2 is 2.33 bits per heavy atom. The average molecular weight is 184 g/mol. The van der Waals surface area contributed by atoms with Crippen LogP contribution in [-0.2, 0) is 0 Å². The summed E-state index contributed by atoms with van der Waals surface area (Å²) < 4.78 is 0. The normalized spacial score (nSPS) is 11.1. The van der Waals surface area contributed by atoms with E-state index in [1.807, 2.05) is 19.1 Å². The van der Waals surface area contributed by atoms with Gasteiger partial charge in [0, 0.05) is 12.2 Å². The van der Waals surface area contributed by atoms with Gasteiger partial charge in [-0.1, -0.05) is 0 Å². The smallest absolute Gasteiger partial charge is 0.140 e. The third-order valence-electron chi connectivity index (χ3n) is 1.42. The number of hydrogen-bond donors (Lipinski definition) is 1. The number of nitrogens with two attached hydrogens (primary N) is 1. The monoisotopic (exact) mass is 183 g/mol. The average Bonchev–Trinajstić information content (AvgIpc) is 2.05. The summed E-state index contributed by atoms with van der Waals surface area (Å²) in [5.74, 6) is 0. The van der Waals surface area contributed by atoms with Crippen molar-refractivity contribution < 1.29 is 0 Å². The quantitative estimate of drug-likeness (QED) is 0.716. The van der Waals surface area contributed by atoms with Crippen LogP contribution < -0.4 is 5.73 Å². The van der Waals surface area contributed by atoms with Crippen molar-refractivity contribution in [2.24, 2.45) is 5.73 Å². The molecule has 0 unspecified atom stereocenters. The van der Waals surface area contributed by atoms with Crippen molar-refractivity contribution in [1.29, 1.82) is 5.26 Å². The van der Waals surface area contributed by atoms with E-state index in [1.165, 1.54) is 0 Å². The summed E-state index contributed by atoms with van der Waals surface area (Å²) in [5.41, 5.74) is 6.96. The van der Waals surface area contributed by atoms with Gasteiger partial charge >= 0.3 is 0 Å². The molecule has 0 aliphatic carbocycles. The number of hydrogen-bond acceptors (Lipinski definition) is 3. The summed E-state index contributed by atoms with van der Waals surface area (Å²) in [6.07, 6.45) is 1.59. The summed E-state index contributed by atoms with van der Waals surface area (Å²) in [4.78, 5) is 3.82. The van der Waals surface area contributed by atoms with E-state index in [1.54, 1.807) is 12.3 Å². The van der Waals surface area contributed by atoms with Crippen LogP contribution in [0.2, 0.25) is 0 Å².